The van der Waals surface area contributed by atoms with E-state index in [4.69, 9.17) is 0 Å². The maximum Gasteiger partial charge on any atom is 0.216 e. The third kappa shape index (κ3) is 3.35. The maximum absolute atomic E-state index is 10.1. The highest BCUT2D eigenvalue weighted by Crippen LogP contribution is 2.12. The van der Waals surface area contributed by atoms with E-state index in [1.165, 1.54) is 5.56 Å². The summed E-state index contributed by atoms with van der Waals surface area (Å²) in [4.78, 5) is 2.04. The lowest BCUT2D eigenvalue weighted by molar-refractivity contribution is -0.568. The molecular weight excluding hydrogens is 236 g/mol. The molecule has 0 amide bonds. The minimum Gasteiger partial charge on any atom is -0.502 e. The second-order valence-corrected chi connectivity index (χ2v) is 4.78. The monoisotopic (exact) mass is 255 g/mol. The van der Waals surface area contributed by atoms with Crippen LogP contribution in [0.2, 0.25) is 0 Å². The van der Waals surface area contributed by atoms with Crippen LogP contribution >= 0.6 is 0 Å². The largest absolute Gasteiger partial charge is 0.502 e. The highest BCUT2D eigenvalue weighted by Gasteiger charge is 2.04. The van der Waals surface area contributed by atoms with E-state index in [1.807, 2.05) is 79.3 Å². The Balaban J connectivity index is 2.22. The van der Waals surface area contributed by atoms with Crippen molar-refractivity contribution in [1.29, 1.82) is 0 Å². The number of aliphatic hydroxyl groups excluding tert-OH is 1. The zero-order valence-electron chi connectivity index (χ0n) is 11.5. The SMILES string of the molecule is Cc1ccc(/C(O)=C\[n+]2ccc(N(C)C)cc2)cc1. The number of anilines is 1. The minimum absolute atomic E-state index is 0.252. The minimum atomic E-state index is 0.252. The van der Waals surface area contributed by atoms with E-state index in [2.05, 4.69) is 0 Å². The average Bonchev–Trinajstić information content (AvgIpc) is 2.40. The third-order valence-electron chi connectivity index (χ3n) is 2.97. The molecule has 0 bridgehead atoms. The summed E-state index contributed by atoms with van der Waals surface area (Å²) in [6, 6.07) is 11.8. The van der Waals surface area contributed by atoms with Gasteiger partial charge in [-0.1, -0.05) is 29.8 Å². The van der Waals surface area contributed by atoms with Gasteiger partial charge in [0.2, 0.25) is 6.20 Å². The summed E-state index contributed by atoms with van der Waals surface area (Å²) < 4.78 is 1.84. The Kier molecular flexibility index (Phi) is 3.85. The molecule has 0 aliphatic heterocycles. The summed E-state index contributed by atoms with van der Waals surface area (Å²) in [5, 5.41) is 10.1. The molecule has 2 aromatic rings. The Labute approximate surface area is 114 Å². The standard InChI is InChI=1S/C16H18N2O/c1-13-4-6-14(7-5-13)16(19)12-18-10-8-15(9-11-18)17(2)3/h4-12H,1-3H3/p+1/b16-12+. The summed E-state index contributed by atoms with van der Waals surface area (Å²) in [6.45, 7) is 2.03. The van der Waals surface area contributed by atoms with E-state index in [0.29, 0.717) is 0 Å². The molecule has 0 spiro atoms. The van der Waals surface area contributed by atoms with Crippen LogP contribution in [0.25, 0.3) is 12.0 Å². The zero-order valence-corrected chi connectivity index (χ0v) is 11.5. The van der Waals surface area contributed by atoms with Crippen LogP contribution in [0.3, 0.4) is 0 Å². The fourth-order valence-corrected chi connectivity index (χ4v) is 1.75. The quantitative estimate of drug-likeness (QED) is 0.674. The van der Waals surface area contributed by atoms with E-state index in [0.717, 1.165) is 11.3 Å². The van der Waals surface area contributed by atoms with Crippen LogP contribution in [0.5, 0.6) is 0 Å². The van der Waals surface area contributed by atoms with Gasteiger partial charge in [0.25, 0.3) is 0 Å². The number of hydrogen-bond donors (Lipinski definition) is 1. The Morgan fingerprint density at radius 1 is 1.05 bits per heavy atom. The van der Waals surface area contributed by atoms with Gasteiger partial charge in [0.15, 0.2) is 18.2 Å². The van der Waals surface area contributed by atoms with Gasteiger partial charge >= 0.3 is 0 Å². The van der Waals surface area contributed by atoms with E-state index >= 15 is 0 Å². The first kappa shape index (κ1) is 13.1. The molecule has 1 N–H and O–H groups in total. The van der Waals surface area contributed by atoms with Gasteiger partial charge in [0.1, 0.15) is 0 Å². The van der Waals surface area contributed by atoms with Gasteiger partial charge in [-0.2, -0.15) is 4.57 Å². The van der Waals surface area contributed by atoms with Crippen LogP contribution in [-0.2, 0) is 0 Å². The zero-order chi connectivity index (χ0) is 13.8. The number of hydrogen-bond acceptors (Lipinski definition) is 2. The lowest BCUT2D eigenvalue weighted by Gasteiger charge is -2.09. The normalized spacial score (nSPS) is 11.4. The van der Waals surface area contributed by atoms with Crippen LogP contribution in [0.15, 0.2) is 48.8 Å². The van der Waals surface area contributed by atoms with E-state index in [1.54, 1.807) is 6.20 Å². The molecule has 0 fully saturated rings. The third-order valence-corrected chi connectivity index (χ3v) is 2.97. The van der Waals surface area contributed by atoms with Gasteiger partial charge in [-0.3, -0.25) is 0 Å². The number of nitrogens with zero attached hydrogens (tertiary/aromatic N) is 2. The fraction of sp³-hybridized carbons (Fsp3) is 0.188. The number of aliphatic hydroxyl groups is 1. The first-order valence-electron chi connectivity index (χ1n) is 6.22. The number of aromatic nitrogens is 1. The summed E-state index contributed by atoms with van der Waals surface area (Å²) in [5.74, 6) is 0.252. The Hall–Kier alpha value is -2.29. The summed E-state index contributed by atoms with van der Waals surface area (Å²) in [6.07, 6.45) is 5.53. The molecule has 0 saturated carbocycles. The van der Waals surface area contributed by atoms with Crippen LogP contribution in [0.1, 0.15) is 11.1 Å². The van der Waals surface area contributed by atoms with Crippen LogP contribution in [-0.4, -0.2) is 19.2 Å². The van der Waals surface area contributed by atoms with E-state index in [-0.39, 0.29) is 5.76 Å². The second kappa shape index (κ2) is 5.57. The molecule has 0 aliphatic rings. The van der Waals surface area contributed by atoms with Crippen LogP contribution in [0.4, 0.5) is 5.69 Å². The number of rotatable bonds is 3. The van der Waals surface area contributed by atoms with Gasteiger partial charge in [-0.15, -0.1) is 0 Å². The number of pyridine rings is 1. The van der Waals surface area contributed by atoms with Gasteiger partial charge in [-0.25, -0.2) is 0 Å². The highest BCUT2D eigenvalue weighted by atomic mass is 16.3. The smallest absolute Gasteiger partial charge is 0.216 e. The van der Waals surface area contributed by atoms with Crippen molar-refractivity contribution in [2.45, 2.75) is 6.92 Å². The Bertz CT molecular complexity index is 569. The molecule has 1 heterocycles. The molecule has 1 aromatic carbocycles. The first-order valence-corrected chi connectivity index (χ1v) is 6.22. The van der Waals surface area contributed by atoms with Crippen LogP contribution in [0, 0.1) is 6.92 Å². The number of aryl methyl sites for hydroxylation is 1. The van der Waals surface area contributed by atoms with E-state index in [9.17, 15) is 5.11 Å². The Morgan fingerprint density at radius 2 is 1.63 bits per heavy atom. The first-order chi connectivity index (χ1) is 9.06. The van der Waals surface area contributed by atoms with Crippen molar-refractivity contribution >= 4 is 17.6 Å². The van der Waals surface area contributed by atoms with E-state index < -0.39 is 0 Å². The number of benzene rings is 1. The van der Waals surface area contributed by atoms with Crippen molar-refractivity contribution in [3.63, 3.8) is 0 Å². The summed E-state index contributed by atoms with van der Waals surface area (Å²) >= 11 is 0. The molecule has 19 heavy (non-hydrogen) atoms. The van der Waals surface area contributed by atoms with Crippen molar-refractivity contribution in [3.8, 4) is 0 Å². The molecule has 0 radical (unpaired) electrons. The molecule has 3 nitrogen and oxygen atoms in total. The van der Waals surface area contributed by atoms with Crippen LogP contribution < -0.4 is 9.47 Å². The summed E-state index contributed by atoms with van der Waals surface area (Å²) in [7, 11) is 4.00. The maximum atomic E-state index is 10.1. The predicted octanol–water partition coefficient (Wildman–Crippen LogP) is 2.86. The molecule has 98 valence electrons. The molecule has 0 unspecified atom stereocenters. The van der Waals surface area contributed by atoms with Crippen molar-refractivity contribution in [2.24, 2.45) is 0 Å². The van der Waals surface area contributed by atoms with Gasteiger partial charge in [0, 0.05) is 37.5 Å². The molecular formula is C16H19N2O+. The second-order valence-electron chi connectivity index (χ2n) is 4.78. The average molecular weight is 255 g/mol. The lowest BCUT2D eigenvalue weighted by atomic mass is 10.1. The van der Waals surface area contributed by atoms with Gasteiger partial charge in [0.05, 0.1) is 0 Å². The lowest BCUT2D eigenvalue weighted by Crippen LogP contribution is -2.25. The molecule has 1 aromatic heterocycles. The summed E-state index contributed by atoms with van der Waals surface area (Å²) in [5.41, 5.74) is 3.12. The Morgan fingerprint density at radius 3 is 2.16 bits per heavy atom. The van der Waals surface area contributed by atoms with Crippen molar-refractivity contribution in [2.75, 3.05) is 19.0 Å². The fourth-order valence-electron chi connectivity index (χ4n) is 1.75. The molecule has 2 rings (SSSR count). The topological polar surface area (TPSA) is 27.4 Å². The van der Waals surface area contributed by atoms with Gasteiger partial charge in [-0.05, 0) is 6.92 Å². The molecule has 0 aliphatic carbocycles. The van der Waals surface area contributed by atoms with Crippen molar-refractivity contribution in [1.82, 2.24) is 0 Å². The highest BCUT2D eigenvalue weighted by molar-refractivity contribution is 5.65. The van der Waals surface area contributed by atoms with Crippen molar-refractivity contribution < 1.29 is 9.67 Å². The predicted molar refractivity (Wildman–Crippen MR) is 78.9 cm³/mol. The molecule has 3 heteroatoms. The molecule has 0 saturated heterocycles. The molecule has 0 atom stereocenters. The van der Waals surface area contributed by atoms with Crippen molar-refractivity contribution in [3.05, 3.63) is 59.9 Å². The van der Waals surface area contributed by atoms with Gasteiger partial charge < -0.3 is 10.0 Å².